The monoisotopic (exact) mass is 491 g/mol. The zero-order chi connectivity index (χ0) is 25.5. The third-order valence-electron chi connectivity index (χ3n) is 5.51. The fourth-order valence-electron chi connectivity index (χ4n) is 3.77. The lowest BCUT2D eigenvalue weighted by Gasteiger charge is -2.12. The van der Waals surface area contributed by atoms with Crippen molar-refractivity contribution in [1.82, 2.24) is 29.6 Å². The summed E-state index contributed by atoms with van der Waals surface area (Å²) in [7, 11) is 1.31. The molecule has 11 heteroatoms. The smallest absolute Gasteiger partial charge is 0.407 e. The first kappa shape index (κ1) is 24.7. The van der Waals surface area contributed by atoms with Crippen molar-refractivity contribution in [3.63, 3.8) is 0 Å². The normalized spacial score (nSPS) is 10.9. The van der Waals surface area contributed by atoms with Crippen molar-refractivity contribution < 1.29 is 19.1 Å². The molecule has 2 N–H and O–H groups in total. The van der Waals surface area contributed by atoms with E-state index in [0.29, 0.717) is 37.5 Å². The first-order valence-corrected chi connectivity index (χ1v) is 11.7. The number of pyridine rings is 1. The summed E-state index contributed by atoms with van der Waals surface area (Å²) in [6.07, 6.45) is 1.67. The number of ether oxygens (including phenoxy) is 2. The lowest BCUT2D eigenvalue weighted by atomic mass is 10.2. The number of hydrogen-bond donors (Lipinski definition) is 2. The standard InChI is InChI=1S/C25H29N7O4/c1-4-32-22(13-17(2)30-32)29-24-28-20-15-27-19(23(33)35-3)14-21(20)31(24)12-8-11-26-25(34)36-16-18-9-6-5-7-10-18/h5-7,9-10,13-15H,4,8,11-12,16H2,1-3H3,(H,26,34)(H,28,29). The second kappa shape index (κ2) is 11.3. The number of benzene rings is 1. The molecule has 1 aromatic carbocycles. The Kier molecular flexibility index (Phi) is 7.79. The summed E-state index contributed by atoms with van der Waals surface area (Å²) in [4.78, 5) is 33.0. The van der Waals surface area contributed by atoms with Gasteiger partial charge >= 0.3 is 12.1 Å². The van der Waals surface area contributed by atoms with E-state index in [1.807, 2.05) is 59.5 Å². The van der Waals surface area contributed by atoms with Gasteiger partial charge in [0.25, 0.3) is 0 Å². The van der Waals surface area contributed by atoms with Crippen LogP contribution in [0.5, 0.6) is 0 Å². The van der Waals surface area contributed by atoms with Gasteiger partial charge in [-0.25, -0.2) is 24.2 Å². The van der Waals surface area contributed by atoms with Crippen LogP contribution >= 0.6 is 0 Å². The molecule has 11 nitrogen and oxygen atoms in total. The van der Waals surface area contributed by atoms with Crippen LogP contribution in [0.25, 0.3) is 11.0 Å². The van der Waals surface area contributed by atoms with E-state index in [0.717, 1.165) is 22.6 Å². The number of aryl methyl sites for hydroxylation is 3. The SMILES string of the molecule is CCn1nc(C)cc1Nc1nc2cnc(C(=O)OC)cc2n1CCCNC(=O)OCc1ccccc1. The van der Waals surface area contributed by atoms with Crippen LogP contribution in [0.2, 0.25) is 0 Å². The number of anilines is 2. The lowest BCUT2D eigenvalue weighted by Crippen LogP contribution is -2.26. The van der Waals surface area contributed by atoms with Gasteiger partial charge in [-0.2, -0.15) is 5.10 Å². The fraction of sp³-hybridized carbons (Fsp3) is 0.320. The second-order valence-electron chi connectivity index (χ2n) is 8.09. The first-order valence-electron chi connectivity index (χ1n) is 11.7. The molecule has 0 unspecified atom stereocenters. The van der Waals surface area contributed by atoms with Crippen LogP contribution in [0.4, 0.5) is 16.6 Å². The molecule has 3 heterocycles. The highest BCUT2D eigenvalue weighted by atomic mass is 16.5. The summed E-state index contributed by atoms with van der Waals surface area (Å²) in [6, 6.07) is 13.1. The Balaban J connectivity index is 1.47. The van der Waals surface area contributed by atoms with E-state index in [4.69, 9.17) is 9.47 Å². The maximum absolute atomic E-state index is 12.1. The van der Waals surface area contributed by atoms with E-state index in [1.165, 1.54) is 7.11 Å². The molecule has 1 amide bonds. The molecular weight excluding hydrogens is 462 g/mol. The number of amides is 1. The number of carbonyl (C=O) groups excluding carboxylic acids is 2. The van der Waals surface area contributed by atoms with Gasteiger partial charge < -0.3 is 24.7 Å². The molecule has 0 saturated heterocycles. The van der Waals surface area contributed by atoms with E-state index in [9.17, 15) is 9.59 Å². The van der Waals surface area contributed by atoms with Gasteiger partial charge in [-0.1, -0.05) is 30.3 Å². The van der Waals surface area contributed by atoms with Crippen molar-refractivity contribution in [3.8, 4) is 0 Å². The zero-order valence-electron chi connectivity index (χ0n) is 20.5. The minimum absolute atomic E-state index is 0.190. The average Bonchev–Trinajstić information content (AvgIpc) is 3.43. The van der Waals surface area contributed by atoms with E-state index in [2.05, 4.69) is 25.7 Å². The molecule has 0 aliphatic carbocycles. The number of hydrogen-bond acceptors (Lipinski definition) is 8. The Bertz CT molecular complexity index is 1350. The molecule has 0 atom stereocenters. The number of alkyl carbamates (subject to hydrolysis) is 1. The molecule has 4 aromatic rings. The van der Waals surface area contributed by atoms with Gasteiger partial charge in [0.1, 0.15) is 17.9 Å². The van der Waals surface area contributed by atoms with E-state index >= 15 is 0 Å². The molecule has 0 bridgehead atoms. The van der Waals surface area contributed by atoms with Gasteiger partial charge in [0, 0.05) is 25.7 Å². The van der Waals surface area contributed by atoms with Crippen molar-refractivity contribution in [2.75, 3.05) is 19.0 Å². The van der Waals surface area contributed by atoms with Gasteiger partial charge in [-0.05, 0) is 31.9 Å². The molecule has 4 rings (SSSR count). The van der Waals surface area contributed by atoms with Gasteiger partial charge in [0.05, 0.1) is 24.5 Å². The number of nitrogens with one attached hydrogen (secondary N) is 2. The lowest BCUT2D eigenvalue weighted by molar-refractivity contribution is 0.0594. The topological polar surface area (TPSA) is 125 Å². The third-order valence-corrected chi connectivity index (χ3v) is 5.51. The van der Waals surface area contributed by atoms with E-state index in [1.54, 1.807) is 12.3 Å². The number of fused-ring (bicyclic) bond motifs is 1. The highest BCUT2D eigenvalue weighted by Crippen LogP contribution is 2.24. The van der Waals surface area contributed by atoms with Crippen LogP contribution in [-0.2, 0) is 29.2 Å². The molecule has 0 aliphatic rings. The van der Waals surface area contributed by atoms with Crippen molar-refractivity contribution in [2.45, 2.75) is 40.0 Å². The molecule has 3 aromatic heterocycles. The molecule has 188 valence electrons. The maximum atomic E-state index is 12.1. The Morgan fingerprint density at radius 3 is 2.69 bits per heavy atom. The Morgan fingerprint density at radius 2 is 1.94 bits per heavy atom. The van der Waals surface area contributed by atoms with Crippen LogP contribution in [0.15, 0.2) is 48.7 Å². The highest BCUT2D eigenvalue weighted by molar-refractivity contribution is 5.91. The van der Waals surface area contributed by atoms with Crippen LogP contribution in [-0.4, -0.2) is 50.0 Å². The predicted octanol–water partition coefficient (Wildman–Crippen LogP) is 3.80. The molecule has 36 heavy (non-hydrogen) atoms. The summed E-state index contributed by atoms with van der Waals surface area (Å²) < 4.78 is 13.9. The summed E-state index contributed by atoms with van der Waals surface area (Å²) in [6.45, 7) is 5.75. The maximum Gasteiger partial charge on any atom is 0.407 e. The predicted molar refractivity (Wildman–Crippen MR) is 134 cm³/mol. The summed E-state index contributed by atoms with van der Waals surface area (Å²) in [5, 5.41) is 10.6. The molecular formula is C25H29N7O4. The molecule has 0 fully saturated rings. The Morgan fingerprint density at radius 1 is 1.14 bits per heavy atom. The van der Waals surface area contributed by atoms with E-state index in [-0.39, 0.29) is 12.3 Å². The quantitative estimate of drug-likeness (QED) is 0.253. The second-order valence-corrected chi connectivity index (χ2v) is 8.09. The molecule has 0 saturated carbocycles. The van der Waals surface area contributed by atoms with Gasteiger partial charge in [0.15, 0.2) is 5.69 Å². The number of nitrogens with zero attached hydrogens (tertiary/aromatic N) is 5. The number of aromatic nitrogens is 5. The van der Waals surface area contributed by atoms with Crippen LogP contribution in [0, 0.1) is 6.92 Å². The molecule has 0 spiro atoms. The minimum atomic E-state index is -0.526. The highest BCUT2D eigenvalue weighted by Gasteiger charge is 2.17. The third kappa shape index (κ3) is 5.80. The number of methoxy groups -OCH3 is 1. The fourth-order valence-corrected chi connectivity index (χ4v) is 3.77. The van der Waals surface area contributed by atoms with Crippen molar-refractivity contribution >= 4 is 34.9 Å². The largest absolute Gasteiger partial charge is 0.464 e. The minimum Gasteiger partial charge on any atom is -0.464 e. The first-order chi connectivity index (χ1) is 17.5. The van der Waals surface area contributed by atoms with Gasteiger partial charge in [-0.3, -0.25) is 0 Å². The van der Waals surface area contributed by atoms with Crippen molar-refractivity contribution in [3.05, 3.63) is 65.6 Å². The molecule has 0 aliphatic heterocycles. The number of esters is 1. The molecule has 0 radical (unpaired) electrons. The average molecular weight is 492 g/mol. The van der Waals surface area contributed by atoms with Crippen molar-refractivity contribution in [1.29, 1.82) is 0 Å². The van der Waals surface area contributed by atoms with Crippen LogP contribution in [0.3, 0.4) is 0 Å². The number of rotatable bonds is 10. The zero-order valence-corrected chi connectivity index (χ0v) is 20.5. The summed E-state index contributed by atoms with van der Waals surface area (Å²) in [5.74, 6) is 0.854. The van der Waals surface area contributed by atoms with Crippen LogP contribution < -0.4 is 10.6 Å². The summed E-state index contributed by atoms with van der Waals surface area (Å²) in [5.41, 5.74) is 3.34. The number of imidazole rings is 1. The number of carbonyl (C=O) groups is 2. The van der Waals surface area contributed by atoms with Crippen LogP contribution in [0.1, 0.15) is 35.1 Å². The van der Waals surface area contributed by atoms with Crippen molar-refractivity contribution in [2.24, 2.45) is 0 Å². The van der Waals surface area contributed by atoms with Gasteiger partial charge in [-0.15, -0.1) is 0 Å². The Labute approximate surface area is 208 Å². The summed E-state index contributed by atoms with van der Waals surface area (Å²) >= 11 is 0. The van der Waals surface area contributed by atoms with E-state index < -0.39 is 12.1 Å². The van der Waals surface area contributed by atoms with Gasteiger partial charge in [0.2, 0.25) is 5.95 Å². The Hall–Kier alpha value is -4.41.